The molecule has 120 valence electrons. The molecule has 1 aromatic carbocycles. The molecule has 0 saturated heterocycles. The van der Waals surface area contributed by atoms with Gasteiger partial charge in [-0.2, -0.15) is 0 Å². The van der Waals surface area contributed by atoms with Crippen LogP contribution in [0.15, 0.2) is 41.6 Å². The highest BCUT2D eigenvalue weighted by Crippen LogP contribution is 2.23. The Bertz CT molecular complexity index is 744. The number of benzene rings is 1. The first kappa shape index (κ1) is 16.4. The molecule has 0 radical (unpaired) electrons. The van der Waals surface area contributed by atoms with Crippen molar-refractivity contribution in [1.82, 2.24) is 10.1 Å². The van der Waals surface area contributed by atoms with E-state index in [9.17, 15) is 9.18 Å². The van der Waals surface area contributed by atoms with Crippen LogP contribution in [-0.2, 0) is 4.74 Å². The molecule has 1 aromatic heterocycles. The molecule has 1 heterocycles. The summed E-state index contributed by atoms with van der Waals surface area (Å²) in [6, 6.07) is 7.35. The molecule has 7 nitrogen and oxygen atoms in total. The van der Waals surface area contributed by atoms with Crippen molar-refractivity contribution in [3.63, 3.8) is 0 Å². The molecule has 23 heavy (non-hydrogen) atoms. The standard InChI is InChI=1S/C15H16FN5O2/c1-21(18)20-14(17)13-6-4-10(8-19-13)11-5-3-9(7-12(11)16)15(22)23-2/h3-8H,18H2,1-2H3,(H2,17,20). The number of esters is 1. The maximum absolute atomic E-state index is 14.2. The summed E-state index contributed by atoms with van der Waals surface area (Å²) < 4.78 is 18.7. The number of pyridine rings is 1. The quantitative estimate of drug-likeness (QED) is 0.287. The highest BCUT2D eigenvalue weighted by atomic mass is 19.1. The molecular weight excluding hydrogens is 301 g/mol. The van der Waals surface area contributed by atoms with Crippen LogP contribution in [0.25, 0.3) is 11.1 Å². The number of nitrogens with zero attached hydrogens (tertiary/aromatic N) is 3. The van der Waals surface area contributed by atoms with Gasteiger partial charge in [-0.1, -0.05) is 12.1 Å². The number of hydrazine groups is 1. The molecule has 0 atom stereocenters. The minimum atomic E-state index is -0.598. The first-order valence-electron chi connectivity index (χ1n) is 6.59. The fourth-order valence-electron chi connectivity index (χ4n) is 1.92. The molecule has 0 spiro atoms. The fraction of sp³-hybridized carbons (Fsp3) is 0.133. The third kappa shape index (κ3) is 3.80. The molecular formula is C15H16FN5O2. The van der Waals surface area contributed by atoms with Gasteiger partial charge in [0.15, 0.2) is 5.84 Å². The van der Waals surface area contributed by atoms with Gasteiger partial charge in [-0.25, -0.2) is 20.1 Å². The van der Waals surface area contributed by atoms with Gasteiger partial charge in [0.1, 0.15) is 11.5 Å². The van der Waals surface area contributed by atoms with E-state index in [2.05, 4.69) is 14.8 Å². The van der Waals surface area contributed by atoms with Crippen LogP contribution in [0.1, 0.15) is 16.1 Å². The number of carbonyl (C=O) groups excluding carboxylic acids is 1. The van der Waals surface area contributed by atoms with Gasteiger partial charge in [-0.3, -0.25) is 4.98 Å². The van der Waals surface area contributed by atoms with Crippen LogP contribution >= 0.6 is 0 Å². The lowest BCUT2D eigenvalue weighted by Crippen LogP contribution is -2.26. The van der Waals surface area contributed by atoms with Gasteiger partial charge in [0, 0.05) is 24.4 Å². The van der Waals surface area contributed by atoms with E-state index in [1.54, 1.807) is 12.1 Å². The highest BCUT2D eigenvalue weighted by Gasteiger charge is 2.12. The predicted octanol–water partition coefficient (Wildman–Crippen LogP) is 1.10. The average Bonchev–Trinajstić information content (AvgIpc) is 2.53. The van der Waals surface area contributed by atoms with E-state index in [1.807, 2.05) is 0 Å². The van der Waals surface area contributed by atoms with Crippen molar-refractivity contribution in [2.24, 2.45) is 16.7 Å². The molecule has 0 unspecified atom stereocenters. The minimum Gasteiger partial charge on any atom is -0.465 e. The Labute approximate surface area is 132 Å². The number of rotatable bonds is 4. The van der Waals surface area contributed by atoms with Gasteiger partial charge in [0.25, 0.3) is 0 Å². The Morgan fingerprint density at radius 1 is 1.35 bits per heavy atom. The van der Waals surface area contributed by atoms with E-state index < -0.39 is 11.8 Å². The summed E-state index contributed by atoms with van der Waals surface area (Å²) in [7, 11) is 2.76. The van der Waals surface area contributed by atoms with Crippen molar-refractivity contribution in [1.29, 1.82) is 0 Å². The molecule has 0 fully saturated rings. The second-order valence-corrected chi connectivity index (χ2v) is 4.68. The van der Waals surface area contributed by atoms with Crippen LogP contribution in [0.4, 0.5) is 4.39 Å². The van der Waals surface area contributed by atoms with Crippen LogP contribution in [-0.4, -0.2) is 36.1 Å². The summed E-state index contributed by atoms with van der Waals surface area (Å²) in [4.78, 5) is 15.5. The third-order valence-corrected chi connectivity index (χ3v) is 2.99. The number of carbonyl (C=O) groups is 1. The second kappa shape index (κ2) is 6.84. The summed E-state index contributed by atoms with van der Waals surface area (Å²) in [5.41, 5.74) is 7.12. The van der Waals surface area contributed by atoms with Crippen LogP contribution in [0.5, 0.6) is 0 Å². The third-order valence-electron chi connectivity index (χ3n) is 2.99. The Kier molecular flexibility index (Phi) is 4.87. The fourth-order valence-corrected chi connectivity index (χ4v) is 1.92. The second-order valence-electron chi connectivity index (χ2n) is 4.68. The van der Waals surface area contributed by atoms with Gasteiger partial charge in [-0.05, 0) is 18.2 Å². The monoisotopic (exact) mass is 317 g/mol. The van der Waals surface area contributed by atoms with Crippen LogP contribution < -0.4 is 11.6 Å². The lowest BCUT2D eigenvalue weighted by atomic mass is 10.0. The molecule has 8 heteroatoms. The van der Waals surface area contributed by atoms with Crippen molar-refractivity contribution in [3.05, 3.63) is 53.6 Å². The first-order valence-corrected chi connectivity index (χ1v) is 6.59. The van der Waals surface area contributed by atoms with Crippen molar-refractivity contribution >= 4 is 11.8 Å². The summed E-state index contributed by atoms with van der Waals surface area (Å²) >= 11 is 0. The Hall–Kier alpha value is -3.00. The topological polar surface area (TPSA) is 107 Å². The van der Waals surface area contributed by atoms with Crippen molar-refractivity contribution in [2.75, 3.05) is 14.2 Å². The number of hydrazone groups is 1. The molecule has 0 aliphatic heterocycles. The maximum Gasteiger partial charge on any atom is 0.337 e. The number of hydrogen-bond donors (Lipinski definition) is 2. The lowest BCUT2D eigenvalue weighted by Gasteiger charge is -2.08. The molecule has 0 aliphatic carbocycles. The van der Waals surface area contributed by atoms with Crippen molar-refractivity contribution in [3.8, 4) is 11.1 Å². The zero-order valence-electron chi connectivity index (χ0n) is 12.7. The average molecular weight is 317 g/mol. The minimum absolute atomic E-state index is 0.140. The number of methoxy groups -OCH3 is 1. The largest absolute Gasteiger partial charge is 0.465 e. The van der Waals surface area contributed by atoms with Gasteiger partial charge < -0.3 is 10.5 Å². The van der Waals surface area contributed by atoms with E-state index in [4.69, 9.17) is 11.6 Å². The zero-order chi connectivity index (χ0) is 17.0. The van der Waals surface area contributed by atoms with Crippen LogP contribution in [0.2, 0.25) is 0 Å². The maximum atomic E-state index is 14.2. The van der Waals surface area contributed by atoms with E-state index in [1.165, 1.54) is 32.5 Å². The Balaban J connectivity index is 2.31. The van der Waals surface area contributed by atoms with E-state index in [0.717, 1.165) is 11.2 Å². The number of aromatic nitrogens is 1. The van der Waals surface area contributed by atoms with Gasteiger partial charge >= 0.3 is 5.97 Å². The predicted molar refractivity (Wildman–Crippen MR) is 83.6 cm³/mol. The molecule has 0 saturated carbocycles. The van der Waals surface area contributed by atoms with E-state index in [-0.39, 0.29) is 11.4 Å². The normalized spacial score (nSPS) is 11.2. The molecule has 2 aromatic rings. The molecule has 0 bridgehead atoms. The van der Waals surface area contributed by atoms with Gasteiger partial charge in [0.05, 0.1) is 12.7 Å². The molecule has 0 aliphatic rings. The lowest BCUT2D eigenvalue weighted by molar-refractivity contribution is 0.0600. The smallest absolute Gasteiger partial charge is 0.337 e. The van der Waals surface area contributed by atoms with E-state index in [0.29, 0.717) is 16.8 Å². The highest BCUT2D eigenvalue weighted by molar-refractivity contribution is 5.95. The van der Waals surface area contributed by atoms with Gasteiger partial charge in [0.2, 0.25) is 0 Å². The molecule has 4 N–H and O–H groups in total. The van der Waals surface area contributed by atoms with Crippen molar-refractivity contribution < 1.29 is 13.9 Å². The zero-order valence-corrected chi connectivity index (χ0v) is 12.7. The summed E-state index contributed by atoms with van der Waals surface area (Å²) in [5, 5.41) is 4.89. The number of amidine groups is 1. The van der Waals surface area contributed by atoms with Crippen LogP contribution in [0.3, 0.4) is 0 Å². The SMILES string of the molecule is COC(=O)c1ccc(-c2ccc(/C(N)=N/N(C)N)nc2)c(F)c1. The number of nitrogens with two attached hydrogens (primary N) is 2. The number of ether oxygens (including phenoxy) is 1. The van der Waals surface area contributed by atoms with Crippen molar-refractivity contribution in [2.45, 2.75) is 0 Å². The Morgan fingerprint density at radius 2 is 2.09 bits per heavy atom. The van der Waals surface area contributed by atoms with E-state index >= 15 is 0 Å². The molecule has 2 rings (SSSR count). The summed E-state index contributed by atoms with van der Waals surface area (Å²) in [6.45, 7) is 0. The van der Waals surface area contributed by atoms with Crippen LogP contribution in [0, 0.1) is 5.82 Å². The number of halogens is 1. The van der Waals surface area contributed by atoms with Gasteiger partial charge in [-0.15, -0.1) is 5.10 Å². The molecule has 0 amide bonds. The summed E-state index contributed by atoms with van der Waals surface area (Å²) in [5.74, 6) is 4.37. The Morgan fingerprint density at radius 3 is 2.61 bits per heavy atom. The summed E-state index contributed by atoms with van der Waals surface area (Å²) in [6.07, 6.45) is 1.46. The number of hydrogen-bond acceptors (Lipinski definition) is 6. The first-order chi connectivity index (χ1) is 10.9.